The SMILES string of the molecule is Cn1cc(N)c(Nc2ccc(Br)cc2F)c(F)c1=O. The van der Waals surface area contributed by atoms with Crippen LogP contribution in [0.2, 0.25) is 0 Å². The van der Waals surface area contributed by atoms with Crippen molar-refractivity contribution in [2.24, 2.45) is 7.05 Å². The van der Waals surface area contributed by atoms with Crippen LogP contribution < -0.4 is 16.6 Å². The summed E-state index contributed by atoms with van der Waals surface area (Å²) in [4.78, 5) is 11.5. The maximum atomic E-state index is 13.8. The van der Waals surface area contributed by atoms with Crippen LogP contribution in [0.15, 0.2) is 33.7 Å². The minimum atomic E-state index is -1.05. The zero-order valence-electron chi connectivity index (χ0n) is 9.88. The number of anilines is 3. The second-order valence-corrected chi connectivity index (χ2v) is 4.85. The Hall–Kier alpha value is -1.89. The molecule has 0 unspecified atom stereocenters. The number of halogens is 3. The predicted octanol–water partition coefficient (Wildman–Crippen LogP) is 2.75. The van der Waals surface area contributed by atoms with Gasteiger partial charge < -0.3 is 15.6 Å². The van der Waals surface area contributed by atoms with Gasteiger partial charge in [0.2, 0.25) is 5.82 Å². The van der Waals surface area contributed by atoms with E-state index in [-0.39, 0.29) is 17.1 Å². The highest BCUT2D eigenvalue weighted by Crippen LogP contribution is 2.27. The molecular formula is C12H10BrF2N3O. The van der Waals surface area contributed by atoms with E-state index >= 15 is 0 Å². The Kier molecular flexibility index (Phi) is 3.57. The van der Waals surface area contributed by atoms with Crippen molar-refractivity contribution in [1.82, 2.24) is 4.57 Å². The summed E-state index contributed by atoms with van der Waals surface area (Å²) in [5.41, 5.74) is 4.60. The van der Waals surface area contributed by atoms with Crippen LogP contribution >= 0.6 is 15.9 Å². The molecular weight excluding hydrogens is 320 g/mol. The van der Waals surface area contributed by atoms with E-state index in [2.05, 4.69) is 21.2 Å². The number of aromatic nitrogens is 1. The van der Waals surface area contributed by atoms with Gasteiger partial charge >= 0.3 is 0 Å². The maximum Gasteiger partial charge on any atom is 0.288 e. The van der Waals surface area contributed by atoms with E-state index in [0.29, 0.717) is 4.47 Å². The molecule has 1 aromatic carbocycles. The van der Waals surface area contributed by atoms with Crippen LogP contribution in [-0.4, -0.2) is 4.57 Å². The average molecular weight is 330 g/mol. The molecule has 0 spiro atoms. The van der Waals surface area contributed by atoms with Crippen LogP contribution in [0.4, 0.5) is 25.8 Å². The number of nitrogens with one attached hydrogen (secondary N) is 1. The molecule has 0 fully saturated rings. The minimum Gasteiger partial charge on any atom is -0.396 e. The van der Waals surface area contributed by atoms with Gasteiger partial charge in [-0.1, -0.05) is 15.9 Å². The van der Waals surface area contributed by atoms with E-state index in [1.165, 1.54) is 25.4 Å². The Balaban J connectivity index is 2.50. The summed E-state index contributed by atoms with van der Waals surface area (Å²) in [7, 11) is 1.38. The van der Waals surface area contributed by atoms with Crippen LogP contribution in [0.1, 0.15) is 0 Å². The van der Waals surface area contributed by atoms with Crippen molar-refractivity contribution in [1.29, 1.82) is 0 Å². The predicted molar refractivity (Wildman–Crippen MR) is 73.4 cm³/mol. The van der Waals surface area contributed by atoms with Crippen molar-refractivity contribution in [3.8, 4) is 0 Å². The number of pyridine rings is 1. The van der Waals surface area contributed by atoms with E-state index in [1.54, 1.807) is 6.07 Å². The van der Waals surface area contributed by atoms with Gasteiger partial charge in [0, 0.05) is 17.7 Å². The van der Waals surface area contributed by atoms with Gasteiger partial charge in [-0.15, -0.1) is 0 Å². The highest BCUT2D eigenvalue weighted by atomic mass is 79.9. The fourth-order valence-electron chi connectivity index (χ4n) is 1.57. The molecule has 0 amide bonds. The number of aryl methyl sites for hydroxylation is 1. The molecule has 0 atom stereocenters. The van der Waals surface area contributed by atoms with Gasteiger partial charge in [-0.05, 0) is 18.2 Å². The van der Waals surface area contributed by atoms with Crippen molar-refractivity contribution >= 4 is 33.0 Å². The first kappa shape index (κ1) is 13.5. The standard InChI is InChI=1S/C12H10BrF2N3O/c1-18-5-8(16)11(10(15)12(18)19)17-9-3-2-6(13)4-7(9)14/h2-5,17H,16H2,1H3. The smallest absolute Gasteiger partial charge is 0.288 e. The molecule has 4 nitrogen and oxygen atoms in total. The van der Waals surface area contributed by atoms with Gasteiger partial charge in [-0.3, -0.25) is 4.79 Å². The normalized spacial score (nSPS) is 10.5. The molecule has 2 aromatic rings. The molecule has 19 heavy (non-hydrogen) atoms. The van der Waals surface area contributed by atoms with Gasteiger partial charge in [0.25, 0.3) is 5.56 Å². The molecule has 100 valence electrons. The molecule has 0 saturated heterocycles. The van der Waals surface area contributed by atoms with Gasteiger partial charge in [-0.2, -0.15) is 4.39 Å². The van der Waals surface area contributed by atoms with Gasteiger partial charge in [0.1, 0.15) is 11.5 Å². The molecule has 0 radical (unpaired) electrons. The largest absolute Gasteiger partial charge is 0.396 e. The van der Waals surface area contributed by atoms with E-state index in [1.807, 2.05) is 0 Å². The first-order valence-corrected chi connectivity index (χ1v) is 6.06. The Morgan fingerprint density at radius 1 is 1.37 bits per heavy atom. The minimum absolute atomic E-state index is 0.0157. The van der Waals surface area contributed by atoms with Gasteiger partial charge in [-0.25, -0.2) is 4.39 Å². The molecule has 0 aliphatic carbocycles. The molecule has 1 aromatic heterocycles. The fraction of sp³-hybridized carbons (Fsp3) is 0.0833. The highest BCUT2D eigenvalue weighted by molar-refractivity contribution is 9.10. The monoisotopic (exact) mass is 329 g/mol. The maximum absolute atomic E-state index is 13.8. The molecule has 0 bridgehead atoms. The zero-order valence-corrected chi connectivity index (χ0v) is 11.5. The quantitative estimate of drug-likeness (QED) is 0.890. The van der Waals surface area contributed by atoms with E-state index in [9.17, 15) is 13.6 Å². The van der Waals surface area contributed by atoms with Gasteiger partial charge in [0.15, 0.2) is 0 Å². The van der Waals surface area contributed by atoms with Crippen molar-refractivity contribution in [2.45, 2.75) is 0 Å². The van der Waals surface area contributed by atoms with Crippen molar-refractivity contribution in [3.63, 3.8) is 0 Å². The zero-order chi connectivity index (χ0) is 14.2. The first-order valence-electron chi connectivity index (χ1n) is 5.27. The third-order valence-electron chi connectivity index (χ3n) is 2.54. The fourth-order valence-corrected chi connectivity index (χ4v) is 1.91. The van der Waals surface area contributed by atoms with Gasteiger partial charge in [0.05, 0.1) is 11.4 Å². The first-order chi connectivity index (χ1) is 8.90. The van der Waals surface area contributed by atoms with Crippen LogP contribution in [0.25, 0.3) is 0 Å². The lowest BCUT2D eigenvalue weighted by atomic mass is 10.2. The third kappa shape index (κ3) is 2.60. The molecule has 0 aliphatic rings. The summed E-state index contributed by atoms with van der Waals surface area (Å²) in [6.07, 6.45) is 1.27. The lowest BCUT2D eigenvalue weighted by Crippen LogP contribution is -2.22. The Morgan fingerprint density at radius 2 is 2.05 bits per heavy atom. The van der Waals surface area contributed by atoms with E-state index in [4.69, 9.17) is 5.73 Å². The summed E-state index contributed by atoms with van der Waals surface area (Å²) in [6, 6.07) is 4.22. The van der Waals surface area contributed by atoms with Crippen LogP contribution in [0, 0.1) is 11.6 Å². The summed E-state index contributed by atoms with van der Waals surface area (Å²) in [5.74, 6) is -1.64. The molecule has 0 saturated carbocycles. The molecule has 3 N–H and O–H groups in total. The van der Waals surface area contributed by atoms with E-state index < -0.39 is 17.2 Å². The second-order valence-electron chi connectivity index (χ2n) is 3.94. The molecule has 1 heterocycles. The summed E-state index contributed by atoms with van der Waals surface area (Å²) >= 11 is 3.11. The lowest BCUT2D eigenvalue weighted by Gasteiger charge is -2.12. The van der Waals surface area contributed by atoms with Crippen LogP contribution in [0.5, 0.6) is 0 Å². The van der Waals surface area contributed by atoms with Crippen LogP contribution in [-0.2, 0) is 7.05 Å². The molecule has 7 heteroatoms. The summed E-state index contributed by atoms with van der Waals surface area (Å²) in [6.45, 7) is 0. The number of benzene rings is 1. The van der Waals surface area contributed by atoms with E-state index in [0.717, 1.165) is 4.57 Å². The Labute approximate surface area is 116 Å². The second kappa shape index (κ2) is 5.00. The number of hydrogen-bond donors (Lipinski definition) is 2. The Morgan fingerprint density at radius 3 is 2.68 bits per heavy atom. The number of hydrogen-bond acceptors (Lipinski definition) is 3. The number of rotatable bonds is 2. The summed E-state index contributed by atoms with van der Waals surface area (Å²) < 4.78 is 29.0. The van der Waals surface area contributed by atoms with Crippen molar-refractivity contribution in [3.05, 3.63) is 50.9 Å². The average Bonchev–Trinajstić information content (AvgIpc) is 2.34. The number of nitrogens with two attached hydrogens (primary N) is 1. The van der Waals surface area contributed by atoms with Crippen LogP contribution in [0.3, 0.4) is 0 Å². The van der Waals surface area contributed by atoms with Crippen molar-refractivity contribution in [2.75, 3.05) is 11.1 Å². The third-order valence-corrected chi connectivity index (χ3v) is 3.03. The Bertz CT molecular complexity index is 700. The van der Waals surface area contributed by atoms with Crippen molar-refractivity contribution < 1.29 is 8.78 Å². The number of nitrogens with zero attached hydrogens (tertiary/aromatic N) is 1. The molecule has 2 rings (SSSR count). The highest BCUT2D eigenvalue weighted by Gasteiger charge is 2.14. The summed E-state index contributed by atoms with van der Waals surface area (Å²) in [5, 5.41) is 2.49. The molecule has 0 aliphatic heterocycles. The topological polar surface area (TPSA) is 60.0 Å². The lowest BCUT2D eigenvalue weighted by molar-refractivity contribution is 0.595. The number of nitrogen functional groups attached to an aromatic ring is 1.